The van der Waals surface area contributed by atoms with Crippen molar-refractivity contribution in [3.8, 4) is 0 Å². The number of carboxylic acid groups (broad SMARTS) is 1. The topological polar surface area (TPSA) is 88.4 Å². The summed E-state index contributed by atoms with van der Waals surface area (Å²) >= 11 is 3.20. The van der Waals surface area contributed by atoms with E-state index in [0.29, 0.717) is 4.47 Å². The van der Waals surface area contributed by atoms with E-state index in [1.807, 2.05) is 0 Å². The third-order valence-electron chi connectivity index (χ3n) is 2.51. The van der Waals surface area contributed by atoms with Crippen molar-refractivity contribution >= 4 is 27.8 Å². The van der Waals surface area contributed by atoms with Gasteiger partial charge in [-0.1, -0.05) is 13.8 Å². The van der Waals surface area contributed by atoms with Crippen molar-refractivity contribution < 1.29 is 14.7 Å². The minimum absolute atomic E-state index is 0.214. The SMILES string of the molecule is CC(C)[C@H](NC(=O)Cn1cc(Br)ccc1=O)C(=O)O. The van der Waals surface area contributed by atoms with E-state index in [-0.39, 0.29) is 18.0 Å². The number of pyridine rings is 1. The zero-order valence-corrected chi connectivity index (χ0v) is 12.2. The average Bonchev–Trinajstić information content (AvgIpc) is 2.30. The van der Waals surface area contributed by atoms with Crippen LogP contribution in [0.1, 0.15) is 13.8 Å². The minimum Gasteiger partial charge on any atom is -0.480 e. The third kappa shape index (κ3) is 4.51. The largest absolute Gasteiger partial charge is 0.480 e. The molecule has 0 saturated heterocycles. The van der Waals surface area contributed by atoms with E-state index in [1.165, 1.54) is 16.8 Å². The van der Waals surface area contributed by atoms with Crippen molar-refractivity contribution in [1.82, 2.24) is 9.88 Å². The highest BCUT2D eigenvalue weighted by Crippen LogP contribution is 2.05. The molecular formula is C12H15BrN2O4. The van der Waals surface area contributed by atoms with E-state index < -0.39 is 17.9 Å². The quantitative estimate of drug-likeness (QED) is 0.837. The third-order valence-corrected chi connectivity index (χ3v) is 2.98. The van der Waals surface area contributed by atoms with Crippen LogP contribution in [-0.2, 0) is 16.1 Å². The lowest BCUT2D eigenvalue weighted by molar-refractivity contribution is -0.143. The number of halogens is 1. The number of amides is 1. The zero-order chi connectivity index (χ0) is 14.6. The van der Waals surface area contributed by atoms with Crippen LogP contribution in [0.4, 0.5) is 0 Å². The molecule has 0 bridgehead atoms. The molecule has 1 rings (SSSR count). The molecule has 0 saturated carbocycles. The van der Waals surface area contributed by atoms with Crippen LogP contribution < -0.4 is 10.9 Å². The van der Waals surface area contributed by atoms with Crippen LogP contribution in [0, 0.1) is 5.92 Å². The average molecular weight is 331 g/mol. The van der Waals surface area contributed by atoms with Crippen molar-refractivity contribution in [2.24, 2.45) is 5.92 Å². The molecule has 0 aliphatic carbocycles. The van der Waals surface area contributed by atoms with Gasteiger partial charge in [-0.2, -0.15) is 0 Å². The van der Waals surface area contributed by atoms with E-state index in [9.17, 15) is 14.4 Å². The van der Waals surface area contributed by atoms with E-state index in [1.54, 1.807) is 19.9 Å². The molecule has 19 heavy (non-hydrogen) atoms. The number of rotatable bonds is 5. The second-order valence-corrected chi connectivity index (χ2v) is 5.36. The Morgan fingerprint density at radius 3 is 2.58 bits per heavy atom. The second kappa shape index (κ2) is 6.51. The Morgan fingerprint density at radius 2 is 2.05 bits per heavy atom. The fraction of sp³-hybridized carbons (Fsp3) is 0.417. The van der Waals surface area contributed by atoms with Crippen LogP contribution >= 0.6 is 15.9 Å². The summed E-state index contributed by atoms with van der Waals surface area (Å²) in [6.07, 6.45) is 1.48. The summed E-state index contributed by atoms with van der Waals surface area (Å²) < 4.78 is 1.87. The van der Waals surface area contributed by atoms with Gasteiger partial charge >= 0.3 is 5.97 Å². The standard InChI is InChI=1S/C12H15BrN2O4/c1-7(2)11(12(18)19)14-9(16)6-15-5-8(13)3-4-10(15)17/h3-5,7,11H,6H2,1-2H3,(H,14,16)(H,18,19)/t11-/m0/s1. The van der Waals surface area contributed by atoms with Crippen molar-refractivity contribution in [3.05, 3.63) is 33.2 Å². The first-order valence-corrected chi connectivity index (χ1v) is 6.48. The molecule has 104 valence electrons. The fourth-order valence-electron chi connectivity index (χ4n) is 1.51. The molecule has 1 amide bonds. The van der Waals surface area contributed by atoms with Gasteiger partial charge in [0, 0.05) is 16.7 Å². The Kier molecular flexibility index (Phi) is 5.29. The van der Waals surface area contributed by atoms with Crippen molar-refractivity contribution in [3.63, 3.8) is 0 Å². The van der Waals surface area contributed by atoms with Crippen molar-refractivity contribution in [2.75, 3.05) is 0 Å². The van der Waals surface area contributed by atoms with Gasteiger partial charge in [-0.25, -0.2) is 4.79 Å². The van der Waals surface area contributed by atoms with E-state index in [0.717, 1.165) is 0 Å². The number of nitrogens with zero attached hydrogens (tertiary/aromatic N) is 1. The number of carbonyl (C=O) groups is 2. The summed E-state index contributed by atoms with van der Waals surface area (Å²) in [6, 6.07) is 1.94. The summed E-state index contributed by atoms with van der Waals surface area (Å²) in [6.45, 7) is 3.18. The molecule has 7 heteroatoms. The smallest absolute Gasteiger partial charge is 0.326 e. The molecule has 1 aromatic heterocycles. The maximum Gasteiger partial charge on any atom is 0.326 e. The van der Waals surface area contributed by atoms with E-state index in [2.05, 4.69) is 21.2 Å². The maximum absolute atomic E-state index is 11.7. The summed E-state index contributed by atoms with van der Waals surface area (Å²) in [4.78, 5) is 34.2. The Hall–Kier alpha value is -1.63. The number of carboxylic acids is 1. The summed E-state index contributed by atoms with van der Waals surface area (Å²) in [7, 11) is 0. The van der Waals surface area contributed by atoms with Gasteiger partial charge in [0.1, 0.15) is 12.6 Å². The molecular weight excluding hydrogens is 316 g/mol. The fourth-order valence-corrected chi connectivity index (χ4v) is 1.89. The molecule has 0 radical (unpaired) electrons. The van der Waals surface area contributed by atoms with Gasteiger partial charge < -0.3 is 15.0 Å². The first-order valence-electron chi connectivity index (χ1n) is 5.69. The summed E-state index contributed by atoms with van der Waals surface area (Å²) in [5.74, 6) is -1.84. The van der Waals surface area contributed by atoms with Crippen LogP contribution in [0.25, 0.3) is 0 Å². The van der Waals surface area contributed by atoms with Crippen LogP contribution in [0.15, 0.2) is 27.6 Å². The molecule has 1 aromatic rings. The van der Waals surface area contributed by atoms with Crippen LogP contribution in [0.2, 0.25) is 0 Å². The first kappa shape index (κ1) is 15.4. The van der Waals surface area contributed by atoms with Gasteiger partial charge in [0.15, 0.2) is 0 Å². The maximum atomic E-state index is 11.7. The number of hydrogen-bond donors (Lipinski definition) is 2. The van der Waals surface area contributed by atoms with Gasteiger partial charge in [0.2, 0.25) is 5.91 Å². The first-order chi connectivity index (χ1) is 8.81. The van der Waals surface area contributed by atoms with Gasteiger partial charge in [0.05, 0.1) is 0 Å². The Labute approximate surface area is 118 Å². The number of aromatic nitrogens is 1. The summed E-state index contributed by atoms with van der Waals surface area (Å²) in [5, 5.41) is 11.4. The van der Waals surface area contributed by atoms with Gasteiger partial charge in [-0.3, -0.25) is 9.59 Å². The van der Waals surface area contributed by atoms with E-state index in [4.69, 9.17) is 5.11 Å². The van der Waals surface area contributed by atoms with E-state index >= 15 is 0 Å². The molecule has 0 unspecified atom stereocenters. The van der Waals surface area contributed by atoms with Crippen LogP contribution in [-0.4, -0.2) is 27.6 Å². The zero-order valence-electron chi connectivity index (χ0n) is 10.6. The Morgan fingerprint density at radius 1 is 1.42 bits per heavy atom. The highest BCUT2D eigenvalue weighted by molar-refractivity contribution is 9.10. The van der Waals surface area contributed by atoms with Crippen molar-refractivity contribution in [2.45, 2.75) is 26.4 Å². The van der Waals surface area contributed by atoms with Gasteiger partial charge in [0.25, 0.3) is 5.56 Å². The molecule has 0 spiro atoms. The highest BCUT2D eigenvalue weighted by Gasteiger charge is 2.23. The van der Waals surface area contributed by atoms with Crippen LogP contribution in [0.3, 0.4) is 0 Å². The molecule has 0 aliphatic rings. The predicted molar refractivity (Wildman–Crippen MR) is 72.8 cm³/mol. The minimum atomic E-state index is -1.09. The molecule has 0 aliphatic heterocycles. The number of nitrogens with one attached hydrogen (secondary N) is 1. The molecule has 6 nitrogen and oxygen atoms in total. The highest BCUT2D eigenvalue weighted by atomic mass is 79.9. The molecule has 1 atom stereocenters. The second-order valence-electron chi connectivity index (χ2n) is 4.44. The lowest BCUT2D eigenvalue weighted by Gasteiger charge is -2.18. The number of carbonyl (C=O) groups excluding carboxylic acids is 1. The Balaban J connectivity index is 2.77. The molecule has 1 heterocycles. The Bertz CT molecular complexity index is 539. The molecule has 0 fully saturated rings. The molecule has 0 aromatic carbocycles. The van der Waals surface area contributed by atoms with Gasteiger partial charge in [-0.05, 0) is 27.9 Å². The van der Waals surface area contributed by atoms with Gasteiger partial charge in [-0.15, -0.1) is 0 Å². The van der Waals surface area contributed by atoms with Crippen LogP contribution in [0.5, 0.6) is 0 Å². The number of aliphatic carboxylic acids is 1. The number of hydrogen-bond acceptors (Lipinski definition) is 3. The monoisotopic (exact) mass is 330 g/mol. The predicted octanol–water partition coefficient (Wildman–Crippen LogP) is 0.836. The molecule has 2 N–H and O–H groups in total. The summed E-state index contributed by atoms with van der Waals surface area (Å²) in [5.41, 5.74) is -0.324. The van der Waals surface area contributed by atoms with Crippen molar-refractivity contribution in [1.29, 1.82) is 0 Å². The lowest BCUT2D eigenvalue weighted by atomic mass is 10.1. The lowest BCUT2D eigenvalue weighted by Crippen LogP contribution is -2.46. The normalized spacial score (nSPS) is 12.2.